The van der Waals surface area contributed by atoms with Crippen molar-refractivity contribution in [3.05, 3.63) is 23.8 Å². The molecule has 0 bridgehead atoms. The van der Waals surface area contributed by atoms with Crippen molar-refractivity contribution < 1.29 is 14.2 Å². The van der Waals surface area contributed by atoms with Gasteiger partial charge >= 0.3 is 0 Å². The van der Waals surface area contributed by atoms with Gasteiger partial charge in [0.15, 0.2) is 6.23 Å². The average Bonchev–Trinajstić information content (AvgIpc) is 2.89. The smallest absolute Gasteiger partial charge is 0.163 e. The fraction of sp³-hybridized carbons (Fsp3) is 0.538. The number of benzene rings is 1. The van der Waals surface area contributed by atoms with Crippen LogP contribution in [0.25, 0.3) is 0 Å². The van der Waals surface area contributed by atoms with Crippen LogP contribution < -0.4 is 9.64 Å². The predicted octanol–water partition coefficient (Wildman–Crippen LogP) is 1.73. The third-order valence-electron chi connectivity index (χ3n) is 3.90. The number of hydrogen-bond donors (Lipinski definition) is 0. The summed E-state index contributed by atoms with van der Waals surface area (Å²) < 4.78 is 16.9. The van der Waals surface area contributed by atoms with Crippen LogP contribution in [0.3, 0.4) is 0 Å². The summed E-state index contributed by atoms with van der Waals surface area (Å²) in [5.41, 5.74) is 2.00. The lowest BCUT2D eigenvalue weighted by Crippen LogP contribution is -2.41. The summed E-state index contributed by atoms with van der Waals surface area (Å²) in [5, 5.41) is 0. The molecule has 2 aliphatic heterocycles. The second-order valence-corrected chi connectivity index (χ2v) is 4.56. The van der Waals surface area contributed by atoms with E-state index in [1.165, 1.54) is 5.56 Å². The first-order chi connectivity index (χ1) is 8.23. The van der Waals surface area contributed by atoms with E-state index in [1.54, 1.807) is 14.2 Å². The van der Waals surface area contributed by atoms with Crippen LogP contribution in [0.15, 0.2) is 18.2 Å². The molecule has 92 valence electrons. The molecule has 0 saturated carbocycles. The fourth-order valence-corrected chi connectivity index (χ4v) is 3.00. The fourth-order valence-electron chi connectivity index (χ4n) is 3.00. The van der Waals surface area contributed by atoms with Gasteiger partial charge < -0.3 is 19.1 Å². The van der Waals surface area contributed by atoms with Crippen LogP contribution in [0, 0.1) is 0 Å². The standard InChI is InChI=1S/C13H17NO3/c1-14-11-5-4-9(15-2)8-10(11)13(16-3)6-7-17-12(13)14/h4-5,8,12H,6-7H2,1-3H3/t12-,13+/m0/s1. The molecule has 2 atom stereocenters. The first-order valence-electron chi connectivity index (χ1n) is 5.81. The van der Waals surface area contributed by atoms with Gasteiger partial charge in [-0.2, -0.15) is 0 Å². The van der Waals surface area contributed by atoms with Gasteiger partial charge in [-0.15, -0.1) is 0 Å². The molecule has 4 nitrogen and oxygen atoms in total. The molecule has 0 unspecified atom stereocenters. The Morgan fingerprint density at radius 1 is 1.41 bits per heavy atom. The van der Waals surface area contributed by atoms with Gasteiger partial charge in [-0.3, -0.25) is 0 Å². The summed E-state index contributed by atoms with van der Waals surface area (Å²) in [6.07, 6.45) is 0.869. The lowest BCUT2D eigenvalue weighted by Gasteiger charge is -2.29. The molecule has 0 amide bonds. The van der Waals surface area contributed by atoms with E-state index in [4.69, 9.17) is 14.2 Å². The van der Waals surface area contributed by atoms with Crippen molar-refractivity contribution in [1.82, 2.24) is 0 Å². The molecule has 1 aromatic carbocycles. The number of rotatable bonds is 2. The van der Waals surface area contributed by atoms with Crippen molar-refractivity contribution in [2.75, 3.05) is 32.8 Å². The highest BCUT2D eigenvalue weighted by Gasteiger charge is 2.54. The maximum absolute atomic E-state index is 5.80. The van der Waals surface area contributed by atoms with Crippen molar-refractivity contribution in [1.29, 1.82) is 0 Å². The Balaban J connectivity index is 2.17. The third-order valence-corrected chi connectivity index (χ3v) is 3.90. The van der Waals surface area contributed by atoms with Gasteiger partial charge in [-0.05, 0) is 18.2 Å². The predicted molar refractivity (Wildman–Crippen MR) is 64.4 cm³/mol. The topological polar surface area (TPSA) is 30.9 Å². The Morgan fingerprint density at radius 2 is 2.24 bits per heavy atom. The SMILES string of the molecule is COc1ccc2c(c1)[C@]1(OC)CCO[C@@H]1N2C. The molecule has 3 rings (SSSR count). The van der Waals surface area contributed by atoms with Crippen LogP contribution in [-0.4, -0.2) is 34.1 Å². The minimum Gasteiger partial charge on any atom is -0.497 e. The molecule has 0 radical (unpaired) electrons. The highest BCUT2D eigenvalue weighted by atomic mass is 16.6. The van der Waals surface area contributed by atoms with Gasteiger partial charge in [0, 0.05) is 31.8 Å². The molecule has 0 spiro atoms. The maximum Gasteiger partial charge on any atom is 0.163 e. The number of nitrogens with zero attached hydrogens (tertiary/aromatic N) is 1. The van der Waals surface area contributed by atoms with Gasteiger partial charge in [0.05, 0.1) is 13.7 Å². The zero-order valence-electron chi connectivity index (χ0n) is 10.4. The quantitative estimate of drug-likeness (QED) is 0.781. The first-order valence-corrected chi connectivity index (χ1v) is 5.81. The minimum absolute atomic E-state index is 0.0189. The largest absolute Gasteiger partial charge is 0.497 e. The van der Waals surface area contributed by atoms with E-state index < -0.39 is 0 Å². The molecule has 2 heterocycles. The number of methoxy groups -OCH3 is 2. The van der Waals surface area contributed by atoms with Crippen LogP contribution in [0.4, 0.5) is 5.69 Å². The minimum atomic E-state index is -0.335. The molecule has 4 heteroatoms. The Kier molecular flexibility index (Phi) is 2.31. The Morgan fingerprint density at radius 3 is 2.94 bits per heavy atom. The van der Waals surface area contributed by atoms with Gasteiger partial charge in [-0.1, -0.05) is 0 Å². The highest BCUT2D eigenvalue weighted by molar-refractivity contribution is 5.64. The third kappa shape index (κ3) is 1.25. The van der Waals surface area contributed by atoms with Gasteiger partial charge in [0.2, 0.25) is 0 Å². The lowest BCUT2D eigenvalue weighted by atomic mass is 9.92. The van der Waals surface area contributed by atoms with E-state index in [0.717, 1.165) is 24.5 Å². The van der Waals surface area contributed by atoms with Crippen LogP contribution in [0.1, 0.15) is 12.0 Å². The van der Waals surface area contributed by atoms with Crippen molar-refractivity contribution in [2.24, 2.45) is 0 Å². The summed E-state index contributed by atoms with van der Waals surface area (Å²) >= 11 is 0. The van der Waals surface area contributed by atoms with Crippen molar-refractivity contribution >= 4 is 5.69 Å². The van der Waals surface area contributed by atoms with E-state index in [1.807, 2.05) is 13.1 Å². The number of fused-ring (bicyclic) bond motifs is 3. The van der Waals surface area contributed by atoms with E-state index in [0.29, 0.717) is 0 Å². The number of likely N-dealkylation sites (N-methyl/N-ethyl adjacent to an activating group) is 1. The van der Waals surface area contributed by atoms with Crippen LogP contribution in [0.2, 0.25) is 0 Å². The molecule has 1 fully saturated rings. The summed E-state index contributed by atoms with van der Waals surface area (Å²) in [4.78, 5) is 2.14. The lowest BCUT2D eigenvalue weighted by molar-refractivity contribution is -0.0612. The Labute approximate surface area is 101 Å². The number of anilines is 1. The summed E-state index contributed by atoms with van der Waals surface area (Å²) in [6.45, 7) is 0.736. The Hall–Kier alpha value is -1.26. The van der Waals surface area contributed by atoms with Crippen LogP contribution in [-0.2, 0) is 15.1 Å². The molecular formula is C13H17NO3. The average molecular weight is 235 g/mol. The number of hydrogen-bond acceptors (Lipinski definition) is 4. The zero-order chi connectivity index (χ0) is 12.0. The number of ether oxygens (including phenoxy) is 3. The molecule has 1 aromatic rings. The molecule has 2 aliphatic rings. The molecule has 17 heavy (non-hydrogen) atoms. The summed E-state index contributed by atoms with van der Waals surface area (Å²) in [6, 6.07) is 6.10. The summed E-state index contributed by atoms with van der Waals surface area (Å²) in [5.74, 6) is 0.862. The van der Waals surface area contributed by atoms with E-state index in [2.05, 4.69) is 17.0 Å². The zero-order valence-corrected chi connectivity index (χ0v) is 10.4. The van der Waals surface area contributed by atoms with Crippen molar-refractivity contribution in [3.8, 4) is 5.75 Å². The molecular weight excluding hydrogens is 218 g/mol. The van der Waals surface area contributed by atoms with Crippen LogP contribution >= 0.6 is 0 Å². The van der Waals surface area contributed by atoms with Crippen molar-refractivity contribution in [2.45, 2.75) is 18.2 Å². The monoisotopic (exact) mass is 235 g/mol. The Bertz CT molecular complexity index is 448. The first kappa shape index (κ1) is 10.9. The molecule has 0 aliphatic carbocycles. The molecule has 0 aromatic heterocycles. The molecule has 0 N–H and O–H groups in total. The van der Waals surface area contributed by atoms with Crippen molar-refractivity contribution in [3.63, 3.8) is 0 Å². The van der Waals surface area contributed by atoms with E-state index >= 15 is 0 Å². The second-order valence-electron chi connectivity index (χ2n) is 4.56. The van der Waals surface area contributed by atoms with Gasteiger partial charge in [-0.25, -0.2) is 0 Å². The van der Waals surface area contributed by atoms with E-state index in [9.17, 15) is 0 Å². The van der Waals surface area contributed by atoms with Gasteiger partial charge in [0.25, 0.3) is 0 Å². The van der Waals surface area contributed by atoms with Crippen LogP contribution in [0.5, 0.6) is 5.75 Å². The normalized spacial score (nSPS) is 30.3. The molecule has 1 saturated heterocycles. The second kappa shape index (κ2) is 3.62. The maximum atomic E-state index is 5.80. The highest BCUT2D eigenvalue weighted by Crippen LogP contribution is 2.51. The van der Waals surface area contributed by atoms with E-state index in [-0.39, 0.29) is 11.8 Å². The summed E-state index contributed by atoms with van der Waals surface area (Å²) in [7, 11) is 5.48. The van der Waals surface area contributed by atoms with Gasteiger partial charge in [0.1, 0.15) is 11.4 Å².